The van der Waals surface area contributed by atoms with Crippen LogP contribution in [0.4, 0.5) is 17.6 Å². The molecule has 0 aromatic carbocycles. The first-order chi connectivity index (χ1) is 6.73. The maximum absolute atomic E-state index is 12.7. The lowest BCUT2D eigenvalue weighted by Gasteiger charge is -2.03. The third kappa shape index (κ3) is 2.57. The Morgan fingerprint density at radius 3 is 2.20 bits per heavy atom. The first kappa shape index (κ1) is 12.2. The third-order valence-corrected chi connectivity index (χ3v) is 2.73. The average molecular weight is 264 g/mol. The van der Waals surface area contributed by atoms with Crippen molar-refractivity contribution in [1.82, 2.24) is 4.98 Å². The molecule has 0 atom stereocenters. The van der Waals surface area contributed by atoms with E-state index in [4.69, 9.17) is 10.7 Å². The van der Waals surface area contributed by atoms with E-state index in [2.05, 4.69) is 4.98 Å². The van der Waals surface area contributed by atoms with Gasteiger partial charge in [0.15, 0.2) is 0 Å². The fourth-order valence-electron chi connectivity index (χ4n) is 0.790. The quantitative estimate of drug-likeness (QED) is 0.467. The molecule has 1 aromatic rings. The number of nitrogens with zero attached hydrogens (tertiary/aromatic N) is 1. The van der Waals surface area contributed by atoms with Crippen molar-refractivity contribution in [2.75, 3.05) is 0 Å². The number of hydrogen-bond acceptors (Lipinski definition) is 3. The molecule has 0 aliphatic carbocycles. The van der Waals surface area contributed by atoms with Crippen LogP contribution in [0.3, 0.4) is 0 Å². The van der Waals surface area contributed by atoms with E-state index in [9.17, 15) is 26.0 Å². The molecule has 0 spiro atoms. The maximum Gasteiger partial charge on any atom is 0.268 e. The van der Waals surface area contributed by atoms with Crippen molar-refractivity contribution < 1.29 is 26.0 Å². The summed E-state index contributed by atoms with van der Waals surface area (Å²) in [7, 11) is 0.146. The van der Waals surface area contributed by atoms with E-state index >= 15 is 0 Å². The zero-order valence-electron chi connectivity index (χ0n) is 6.72. The molecule has 0 aliphatic rings. The monoisotopic (exact) mass is 263 g/mol. The van der Waals surface area contributed by atoms with Gasteiger partial charge in [0.05, 0.1) is 5.56 Å². The Kier molecular flexibility index (Phi) is 3.19. The van der Waals surface area contributed by atoms with Gasteiger partial charge in [0, 0.05) is 10.7 Å². The van der Waals surface area contributed by atoms with Crippen molar-refractivity contribution in [2.24, 2.45) is 0 Å². The van der Waals surface area contributed by atoms with E-state index in [-0.39, 0.29) is 6.07 Å². The van der Waals surface area contributed by atoms with Crippen LogP contribution in [0, 0.1) is 11.9 Å². The minimum Gasteiger partial charge on any atom is -0.207 e. The number of alkyl halides is 2. The van der Waals surface area contributed by atoms with Crippen LogP contribution in [0.15, 0.2) is 11.0 Å². The highest BCUT2D eigenvalue weighted by Gasteiger charge is 2.24. The van der Waals surface area contributed by atoms with E-state index in [0.717, 1.165) is 0 Å². The molecule has 0 unspecified atom stereocenters. The molecule has 1 heterocycles. The second-order valence-electron chi connectivity index (χ2n) is 2.40. The smallest absolute Gasteiger partial charge is 0.207 e. The Bertz CT molecular complexity index is 490. The zero-order valence-corrected chi connectivity index (χ0v) is 8.29. The lowest BCUT2D eigenvalue weighted by atomic mass is 10.3. The standard InChI is InChI=1S/C6H2ClF4NO2S/c7-15(13,14)3-1-2(4(8)9)5(10)12-6(3)11/h1,4H. The predicted octanol–water partition coefficient (Wildman–Crippen LogP) is 2.22. The summed E-state index contributed by atoms with van der Waals surface area (Å²) in [6.45, 7) is 0. The zero-order chi connectivity index (χ0) is 11.8. The Morgan fingerprint density at radius 1 is 1.27 bits per heavy atom. The molecule has 0 N–H and O–H groups in total. The highest BCUT2D eigenvalue weighted by molar-refractivity contribution is 8.13. The van der Waals surface area contributed by atoms with Gasteiger partial charge < -0.3 is 0 Å². The van der Waals surface area contributed by atoms with Crippen LogP contribution < -0.4 is 0 Å². The van der Waals surface area contributed by atoms with Crippen LogP contribution in [-0.2, 0) is 9.05 Å². The van der Waals surface area contributed by atoms with E-state index in [1.54, 1.807) is 0 Å². The summed E-state index contributed by atoms with van der Waals surface area (Å²) in [5.74, 6) is -3.53. The van der Waals surface area contributed by atoms with Gasteiger partial charge in [-0.25, -0.2) is 17.2 Å². The third-order valence-electron chi connectivity index (χ3n) is 1.42. The second kappa shape index (κ2) is 3.93. The lowest BCUT2D eigenvalue weighted by molar-refractivity contribution is 0.144. The second-order valence-corrected chi connectivity index (χ2v) is 4.93. The summed E-state index contributed by atoms with van der Waals surface area (Å²) in [4.78, 5) is 1.11. The highest BCUT2D eigenvalue weighted by atomic mass is 35.7. The Morgan fingerprint density at radius 2 is 1.80 bits per heavy atom. The van der Waals surface area contributed by atoms with Crippen molar-refractivity contribution in [2.45, 2.75) is 11.3 Å². The summed E-state index contributed by atoms with van der Waals surface area (Å²) in [6, 6.07) is 0.116. The number of halogens is 5. The van der Waals surface area contributed by atoms with Crippen LogP contribution >= 0.6 is 10.7 Å². The Hall–Kier alpha value is -0.890. The van der Waals surface area contributed by atoms with E-state index in [0.29, 0.717) is 0 Å². The Labute approximate surface area is 86.1 Å². The first-order valence-corrected chi connectivity index (χ1v) is 5.63. The van der Waals surface area contributed by atoms with Crippen LogP contribution in [0.1, 0.15) is 12.0 Å². The fraction of sp³-hybridized carbons (Fsp3) is 0.167. The number of pyridine rings is 1. The molecular weight excluding hydrogens is 262 g/mol. The molecule has 84 valence electrons. The van der Waals surface area contributed by atoms with Gasteiger partial charge in [0.1, 0.15) is 4.90 Å². The Balaban J connectivity index is 3.50. The molecule has 15 heavy (non-hydrogen) atoms. The topological polar surface area (TPSA) is 47.0 Å². The van der Waals surface area contributed by atoms with Crippen molar-refractivity contribution in [3.05, 3.63) is 23.5 Å². The molecule has 0 amide bonds. The minimum atomic E-state index is -4.57. The van der Waals surface area contributed by atoms with Gasteiger partial charge in [0.2, 0.25) is 11.9 Å². The molecule has 1 rings (SSSR count). The maximum atomic E-state index is 12.7. The predicted molar refractivity (Wildman–Crippen MR) is 42.1 cm³/mol. The van der Waals surface area contributed by atoms with Gasteiger partial charge >= 0.3 is 0 Å². The molecule has 0 bridgehead atoms. The molecule has 3 nitrogen and oxygen atoms in total. The van der Waals surface area contributed by atoms with Gasteiger partial charge in [-0.15, -0.1) is 0 Å². The summed E-state index contributed by atoms with van der Waals surface area (Å²) < 4.78 is 70.8. The molecule has 0 fully saturated rings. The minimum absolute atomic E-state index is 0.116. The van der Waals surface area contributed by atoms with Crippen molar-refractivity contribution in [3.8, 4) is 0 Å². The molecule has 0 saturated carbocycles. The summed E-state index contributed by atoms with van der Waals surface area (Å²) >= 11 is 0. The summed E-state index contributed by atoms with van der Waals surface area (Å²) in [5, 5.41) is 0. The molecule has 0 aliphatic heterocycles. The van der Waals surface area contributed by atoms with Gasteiger partial charge in [0.25, 0.3) is 15.5 Å². The fourth-order valence-corrected chi connectivity index (χ4v) is 1.63. The average Bonchev–Trinajstić information content (AvgIpc) is 2.00. The molecule has 1 aromatic heterocycles. The van der Waals surface area contributed by atoms with Gasteiger partial charge in [-0.2, -0.15) is 13.8 Å². The highest BCUT2D eigenvalue weighted by Crippen LogP contribution is 2.26. The van der Waals surface area contributed by atoms with Crippen LogP contribution in [0.25, 0.3) is 0 Å². The summed E-state index contributed by atoms with van der Waals surface area (Å²) in [6.07, 6.45) is -3.31. The van der Waals surface area contributed by atoms with Gasteiger partial charge in [-0.1, -0.05) is 0 Å². The molecular formula is C6H2ClF4NO2S. The molecule has 9 heteroatoms. The first-order valence-electron chi connectivity index (χ1n) is 3.32. The van der Waals surface area contributed by atoms with Crippen LogP contribution in [-0.4, -0.2) is 13.4 Å². The number of hydrogen-bond donors (Lipinski definition) is 0. The number of rotatable bonds is 2. The van der Waals surface area contributed by atoms with Crippen molar-refractivity contribution >= 4 is 19.7 Å². The van der Waals surface area contributed by atoms with Gasteiger partial charge in [-0.3, -0.25) is 0 Å². The lowest BCUT2D eigenvalue weighted by Crippen LogP contribution is -2.04. The van der Waals surface area contributed by atoms with Gasteiger partial charge in [-0.05, 0) is 6.07 Å². The van der Waals surface area contributed by atoms with E-state index in [1.807, 2.05) is 0 Å². The molecule has 0 saturated heterocycles. The van der Waals surface area contributed by atoms with E-state index < -0.39 is 37.8 Å². The van der Waals surface area contributed by atoms with Crippen molar-refractivity contribution in [3.63, 3.8) is 0 Å². The SMILES string of the molecule is O=S(=O)(Cl)c1cc(C(F)F)c(F)nc1F. The summed E-state index contributed by atoms with van der Waals surface area (Å²) in [5.41, 5.74) is -1.32. The largest absolute Gasteiger partial charge is 0.268 e. The van der Waals surface area contributed by atoms with E-state index in [1.165, 1.54) is 0 Å². The van der Waals surface area contributed by atoms with Crippen LogP contribution in [0.5, 0.6) is 0 Å². The molecule has 0 radical (unpaired) electrons. The normalized spacial score (nSPS) is 12.1. The number of aromatic nitrogens is 1. The van der Waals surface area contributed by atoms with Crippen molar-refractivity contribution in [1.29, 1.82) is 0 Å². The van der Waals surface area contributed by atoms with Crippen LogP contribution in [0.2, 0.25) is 0 Å².